The van der Waals surface area contributed by atoms with Crippen molar-refractivity contribution in [2.24, 2.45) is 0 Å². The zero-order chi connectivity index (χ0) is 22.3. The van der Waals surface area contributed by atoms with Gasteiger partial charge in [0.2, 0.25) is 5.91 Å². The van der Waals surface area contributed by atoms with Crippen LogP contribution in [-0.4, -0.2) is 48.4 Å². The molecule has 2 heterocycles. The van der Waals surface area contributed by atoms with E-state index >= 15 is 0 Å². The van der Waals surface area contributed by atoms with E-state index in [4.69, 9.17) is 0 Å². The number of rotatable bonds is 8. The predicted octanol–water partition coefficient (Wildman–Crippen LogP) is 5.05. The van der Waals surface area contributed by atoms with Crippen LogP contribution in [0.2, 0.25) is 0 Å². The number of pyridine rings is 1. The molecule has 0 N–H and O–H groups in total. The monoisotopic (exact) mass is 449 g/mol. The van der Waals surface area contributed by atoms with Gasteiger partial charge < -0.3 is 4.90 Å². The van der Waals surface area contributed by atoms with Crippen molar-refractivity contribution in [1.29, 1.82) is 0 Å². The molecule has 0 radical (unpaired) electrons. The van der Waals surface area contributed by atoms with E-state index in [0.717, 1.165) is 35.9 Å². The van der Waals surface area contributed by atoms with E-state index in [-0.39, 0.29) is 11.2 Å². The summed E-state index contributed by atoms with van der Waals surface area (Å²) in [7, 11) is 0. The molecule has 1 amide bonds. The number of nitrogens with zero attached hydrogens (tertiary/aromatic N) is 5. The van der Waals surface area contributed by atoms with Crippen LogP contribution in [0.1, 0.15) is 51.5 Å². The Morgan fingerprint density at radius 3 is 2.50 bits per heavy atom. The number of carbonyl (C=O) groups is 1. The Bertz CT molecular complexity index is 1000. The summed E-state index contributed by atoms with van der Waals surface area (Å²) in [5, 5.41) is 9.53. The molecule has 2 aromatic heterocycles. The first-order valence-electron chi connectivity index (χ1n) is 11.5. The Kier molecular flexibility index (Phi) is 7.58. The van der Waals surface area contributed by atoms with E-state index in [2.05, 4.69) is 43.7 Å². The minimum absolute atomic E-state index is 0.198. The Balaban J connectivity index is 1.58. The van der Waals surface area contributed by atoms with Crippen molar-refractivity contribution in [3.8, 4) is 11.4 Å². The molecule has 1 unspecified atom stereocenters. The summed E-state index contributed by atoms with van der Waals surface area (Å²) in [5.41, 5.74) is 2.13. The Labute approximate surface area is 194 Å². The molecule has 3 aromatic rings. The van der Waals surface area contributed by atoms with Gasteiger partial charge in [-0.3, -0.25) is 14.3 Å². The van der Waals surface area contributed by atoms with Crippen LogP contribution in [0, 0.1) is 0 Å². The molecule has 1 atom stereocenters. The van der Waals surface area contributed by atoms with Crippen LogP contribution in [0.15, 0.2) is 60.0 Å². The SMILES string of the molecule is CCN(C(=O)C(C)Sc1nnc(-c2ccncc2)n1Cc1ccccc1)C1CCCCC1. The van der Waals surface area contributed by atoms with Gasteiger partial charge in [-0.15, -0.1) is 10.2 Å². The number of aromatic nitrogens is 4. The molecule has 1 fully saturated rings. The predicted molar refractivity (Wildman–Crippen MR) is 128 cm³/mol. The van der Waals surface area contributed by atoms with Crippen molar-refractivity contribution in [2.45, 2.75) is 68.9 Å². The lowest BCUT2D eigenvalue weighted by atomic mass is 9.94. The molecule has 7 heteroatoms. The number of amides is 1. The molecule has 0 spiro atoms. The first-order valence-corrected chi connectivity index (χ1v) is 12.4. The Morgan fingerprint density at radius 2 is 1.81 bits per heavy atom. The number of hydrogen-bond donors (Lipinski definition) is 0. The second-order valence-electron chi connectivity index (χ2n) is 8.29. The van der Waals surface area contributed by atoms with Gasteiger partial charge in [0.15, 0.2) is 11.0 Å². The third-order valence-electron chi connectivity index (χ3n) is 6.11. The maximum absolute atomic E-state index is 13.4. The summed E-state index contributed by atoms with van der Waals surface area (Å²) in [6.45, 7) is 5.48. The van der Waals surface area contributed by atoms with Gasteiger partial charge in [-0.05, 0) is 44.4 Å². The van der Waals surface area contributed by atoms with Gasteiger partial charge in [0.05, 0.1) is 11.8 Å². The lowest BCUT2D eigenvalue weighted by molar-refractivity contribution is -0.133. The first kappa shape index (κ1) is 22.5. The maximum Gasteiger partial charge on any atom is 0.236 e. The van der Waals surface area contributed by atoms with Gasteiger partial charge in [-0.2, -0.15) is 0 Å². The van der Waals surface area contributed by atoms with Crippen LogP contribution >= 0.6 is 11.8 Å². The van der Waals surface area contributed by atoms with Crippen molar-refractivity contribution >= 4 is 17.7 Å². The molecular weight excluding hydrogens is 418 g/mol. The molecule has 4 rings (SSSR count). The summed E-state index contributed by atoms with van der Waals surface area (Å²) in [6.07, 6.45) is 9.49. The second-order valence-corrected chi connectivity index (χ2v) is 9.60. The van der Waals surface area contributed by atoms with Crippen molar-refractivity contribution in [3.05, 3.63) is 60.4 Å². The molecular formula is C25H31N5OS. The standard InChI is InChI=1S/C25H31N5OS/c1-3-29(22-12-8-5-9-13-22)24(31)19(2)32-25-28-27-23(21-14-16-26-17-15-21)30(25)18-20-10-6-4-7-11-20/h4,6-7,10-11,14-17,19,22H,3,5,8-9,12-13,18H2,1-2H3. The van der Waals surface area contributed by atoms with Crippen molar-refractivity contribution in [2.75, 3.05) is 6.54 Å². The van der Waals surface area contributed by atoms with Gasteiger partial charge in [-0.1, -0.05) is 61.4 Å². The molecule has 6 nitrogen and oxygen atoms in total. The average Bonchev–Trinajstić information content (AvgIpc) is 3.23. The smallest absolute Gasteiger partial charge is 0.236 e. The normalized spacial score (nSPS) is 15.4. The van der Waals surface area contributed by atoms with Gasteiger partial charge in [-0.25, -0.2) is 0 Å². The molecule has 32 heavy (non-hydrogen) atoms. The van der Waals surface area contributed by atoms with E-state index in [1.807, 2.05) is 37.3 Å². The Hall–Kier alpha value is -2.67. The number of thioether (sulfide) groups is 1. The Morgan fingerprint density at radius 1 is 1.09 bits per heavy atom. The fraction of sp³-hybridized carbons (Fsp3) is 0.440. The number of benzene rings is 1. The lowest BCUT2D eigenvalue weighted by Gasteiger charge is -2.35. The minimum Gasteiger partial charge on any atom is -0.339 e. The van der Waals surface area contributed by atoms with Gasteiger partial charge in [0.25, 0.3) is 0 Å². The average molecular weight is 450 g/mol. The third-order valence-corrected chi connectivity index (χ3v) is 7.18. The van der Waals surface area contributed by atoms with Gasteiger partial charge >= 0.3 is 0 Å². The summed E-state index contributed by atoms with van der Waals surface area (Å²) < 4.78 is 2.11. The number of hydrogen-bond acceptors (Lipinski definition) is 5. The second kappa shape index (κ2) is 10.8. The fourth-order valence-corrected chi connectivity index (χ4v) is 5.35. The topological polar surface area (TPSA) is 63.9 Å². The van der Waals surface area contributed by atoms with Gasteiger partial charge in [0.1, 0.15) is 0 Å². The third kappa shape index (κ3) is 5.21. The van der Waals surface area contributed by atoms with Crippen LogP contribution in [0.4, 0.5) is 0 Å². The highest BCUT2D eigenvalue weighted by atomic mass is 32.2. The maximum atomic E-state index is 13.4. The zero-order valence-electron chi connectivity index (χ0n) is 18.9. The minimum atomic E-state index is -0.221. The molecule has 1 aliphatic carbocycles. The fourth-order valence-electron chi connectivity index (χ4n) is 4.43. The van der Waals surface area contributed by atoms with Gasteiger partial charge in [0, 0.05) is 30.5 Å². The molecule has 168 valence electrons. The molecule has 0 saturated heterocycles. The quantitative estimate of drug-likeness (QED) is 0.450. The van der Waals surface area contributed by atoms with Crippen LogP contribution in [-0.2, 0) is 11.3 Å². The van der Waals surface area contributed by atoms with Crippen molar-refractivity contribution in [1.82, 2.24) is 24.6 Å². The highest BCUT2D eigenvalue weighted by molar-refractivity contribution is 8.00. The highest BCUT2D eigenvalue weighted by Crippen LogP contribution is 2.30. The van der Waals surface area contributed by atoms with E-state index in [1.165, 1.54) is 36.6 Å². The van der Waals surface area contributed by atoms with E-state index in [1.54, 1.807) is 12.4 Å². The van der Waals surface area contributed by atoms with E-state index in [9.17, 15) is 4.79 Å². The van der Waals surface area contributed by atoms with Crippen LogP contribution in [0.25, 0.3) is 11.4 Å². The largest absolute Gasteiger partial charge is 0.339 e. The van der Waals surface area contributed by atoms with Crippen molar-refractivity contribution < 1.29 is 4.79 Å². The number of carbonyl (C=O) groups excluding carboxylic acids is 1. The highest BCUT2D eigenvalue weighted by Gasteiger charge is 2.29. The van der Waals surface area contributed by atoms with E-state index in [0.29, 0.717) is 12.6 Å². The molecule has 0 aliphatic heterocycles. The zero-order valence-corrected chi connectivity index (χ0v) is 19.7. The summed E-state index contributed by atoms with van der Waals surface area (Å²) in [6, 6.07) is 14.5. The molecule has 0 bridgehead atoms. The van der Waals surface area contributed by atoms with E-state index < -0.39 is 0 Å². The molecule has 1 aliphatic rings. The van der Waals surface area contributed by atoms with Crippen molar-refractivity contribution in [3.63, 3.8) is 0 Å². The summed E-state index contributed by atoms with van der Waals surface area (Å²) in [4.78, 5) is 19.6. The molecule has 1 saturated carbocycles. The van der Waals surface area contributed by atoms with Crippen LogP contribution in [0.3, 0.4) is 0 Å². The summed E-state index contributed by atoms with van der Waals surface area (Å²) >= 11 is 1.50. The lowest BCUT2D eigenvalue weighted by Crippen LogP contribution is -2.44. The van der Waals surface area contributed by atoms with Crippen LogP contribution in [0.5, 0.6) is 0 Å². The molecule has 1 aromatic carbocycles. The summed E-state index contributed by atoms with van der Waals surface area (Å²) in [5.74, 6) is 0.988. The first-order chi connectivity index (χ1) is 15.7. The van der Waals surface area contributed by atoms with Crippen LogP contribution < -0.4 is 0 Å².